The summed E-state index contributed by atoms with van der Waals surface area (Å²) in [5.41, 5.74) is 1.67. The minimum Gasteiger partial charge on any atom is -0.347 e. The second-order valence-electron chi connectivity index (χ2n) is 5.87. The topological polar surface area (TPSA) is 76.0 Å². The second-order valence-corrected chi connectivity index (χ2v) is 5.87. The first-order valence-corrected chi connectivity index (χ1v) is 8.55. The van der Waals surface area contributed by atoms with Crippen molar-refractivity contribution in [3.05, 3.63) is 77.7 Å². The van der Waals surface area contributed by atoms with Gasteiger partial charge in [-0.05, 0) is 29.8 Å². The third-order valence-corrected chi connectivity index (χ3v) is 3.90. The SMILES string of the molecule is CCC(=O)Nc1cc(C(=O)NCc2ccc(F)cc2)nn1-c1ccccc1. The number of anilines is 1. The highest BCUT2D eigenvalue weighted by atomic mass is 19.1. The van der Waals surface area contributed by atoms with Crippen LogP contribution in [0, 0.1) is 5.82 Å². The number of rotatable bonds is 6. The molecule has 0 atom stereocenters. The Balaban J connectivity index is 1.81. The number of benzene rings is 2. The van der Waals surface area contributed by atoms with Crippen molar-refractivity contribution < 1.29 is 14.0 Å². The third kappa shape index (κ3) is 4.58. The van der Waals surface area contributed by atoms with Gasteiger partial charge in [-0.1, -0.05) is 37.3 Å². The van der Waals surface area contributed by atoms with Crippen LogP contribution in [0.2, 0.25) is 0 Å². The fraction of sp³-hybridized carbons (Fsp3) is 0.150. The van der Waals surface area contributed by atoms with E-state index in [2.05, 4.69) is 15.7 Å². The molecule has 3 rings (SSSR count). The molecule has 0 unspecified atom stereocenters. The number of nitrogens with one attached hydrogen (secondary N) is 2. The summed E-state index contributed by atoms with van der Waals surface area (Å²) in [5.74, 6) is -0.477. The minimum absolute atomic E-state index is 0.173. The van der Waals surface area contributed by atoms with Crippen LogP contribution in [-0.2, 0) is 11.3 Å². The van der Waals surface area contributed by atoms with Gasteiger partial charge in [0.2, 0.25) is 5.91 Å². The van der Waals surface area contributed by atoms with E-state index in [9.17, 15) is 14.0 Å². The molecule has 2 aromatic carbocycles. The normalized spacial score (nSPS) is 10.4. The lowest BCUT2D eigenvalue weighted by atomic mass is 10.2. The first-order valence-electron chi connectivity index (χ1n) is 8.55. The van der Waals surface area contributed by atoms with Crippen molar-refractivity contribution in [3.63, 3.8) is 0 Å². The molecule has 2 N–H and O–H groups in total. The molecule has 0 aliphatic heterocycles. The average molecular weight is 366 g/mol. The molecule has 0 saturated carbocycles. The molecule has 0 spiro atoms. The molecule has 0 aliphatic rings. The monoisotopic (exact) mass is 366 g/mol. The van der Waals surface area contributed by atoms with Gasteiger partial charge in [0, 0.05) is 19.0 Å². The first kappa shape index (κ1) is 18.3. The summed E-state index contributed by atoms with van der Waals surface area (Å²) in [6.07, 6.45) is 0.312. The molecule has 0 saturated heterocycles. The van der Waals surface area contributed by atoms with Gasteiger partial charge in [-0.2, -0.15) is 5.10 Å². The van der Waals surface area contributed by atoms with Crippen molar-refractivity contribution >= 4 is 17.6 Å². The van der Waals surface area contributed by atoms with Crippen molar-refractivity contribution in [3.8, 4) is 5.69 Å². The molecule has 6 nitrogen and oxygen atoms in total. The standard InChI is InChI=1S/C20H19FN4O2/c1-2-19(26)23-18-12-17(24-25(18)16-6-4-3-5-7-16)20(27)22-13-14-8-10-15(21)11-9-14/h3-12H,2,13H2,1H3,(H,22,27)(H,23,26). The van der Waals surface area contributed by atoms with Crippen molar-refractivity contribution in [2.75, 3.05) is 5.32 Å². The van der Waals surface area contributed by atoms with Gasteiger partial charge in [-0.15, -0.1) is 0 Å². The van der Waals surface area contributed by atoms with Crippen molar-refractivity contribution in [1.82, 2.24) is 15.1 Å². The van der Waals surface area contributed by atoms with Crippen LogP contribution in [0.1, 0.15) is 29.4 Å². The largest absolute Gasteiger partial charge is 0.347 e. The molecular weight excluding hydrogens is 347 g/mol. The highest BCUT2D eigenvalue weighted by molar-refractivity contribution is 5.95. The summed E-state index contributed by atoms with van der Waals surface area (Å²) in [5, 5.41) is 9.82. The molecule has 2 amide bonds. The molecule has 7 heteroatoms. The third-order valence-electron chi connectivity index (χ3n) is 3.90. The van der Waals surface area contributed by atoms with Crippen LogP contribution in [0.5, 0.6) is 0 Å². The van der Waals surface area contributed by atoms with Gasteiger partial charge in [0.25, 0.3) is 5.91 Å². The number of hydrogen-bond donors (Lipinski definition) is 2. The maximum atomic E-state index is 13.0. The zero-order valence-corrected chi connectivity index (χ0v) is 14.8. The van der Waals surface area contributed by atoms with Gasteiger partial charge >= 0.3 is 0 Å². The molecule has 138 valence electrons. The Morgan fingerprint density at radius 2 is 1.78 bits per heavy atom. The zero-order chi connectivity index (χ0) is 19.2. The van der Waals surface area contributed by atoms with E-state index >= 15 is 0 Å². The second kappa shape index (κ2) is 8.27. The van der Waals surface area contributed by atoms with Gasteiger partial charge in [-0.25, -0.2) is 9.07 Å². The van der Waals surface area contributed by atoms with Gasteiger partial charge in [0.1, 0.15) is 11.6 Å². The lowest BCUT2D eigenvalue weighted by Gasteiger charge is -2.07. The van der Waals surface area contributed by atoms with Gasteiger partial charge in [0.05, 0.1) is 5.69 Å². The Hall–Kier alpha value is -3.48. The Morgan fingerprint density at radius 3 is 2.44 bits per heavy atom. The highest BCUT2D eigenvalue weighted by Crippen LogP contribution is 2.18. The van der Waals surface area contributed by atoms with Gasteiger partial charge in [-0.3, -0.25) is 9.59 Å². The van der Waals surface area contributed by atoms with Gasteiger partial charge < -0.3 is 10.6 Å². The van der Waals surface area contributed by atoms with Crippen LogP contribution >= 0.6 is 0 Å². The lowest BCUT2D eigenvalue weighted by Crippen LogP contribution is -2.23. The first-order chi connectivity index (χ1) is 13.1. The van der Waals surface area contributed by atoms with Crippen LogP contribution in [0.15, 0.2) is 60.7 Å². The Bertz CT molecular complexity index is 936. The highest BCUT2D eigenvalue weighted by Gasteiger charge is 2.16. The quantitative estimate of drug-likeness (QED) is 0.703. The molecule has 0 fully saturated rings. The average Bonchev–Trinajstić information content (AvgIpc) is 3.11. The maximum absolute atomic E-state index is 13.0. The Kier molecular flexibility index (Phi) is 5.61. The molecule has 3 aromatic rings. The van der Waals surface area contributed by atoms with Crippen molar-refractivity contribution in [2.24, 2.45) is 0 Å². The molecule has 1 heterocycles. The van der Waals surface area contributed by atoms with E-state index in [0.29, 0.717) is 12.2 Å². The van der Waals surface area contributed by atoms with E-state index in [4.69, 9.17) is 0 Å². The summed E-state index contributed by atoms with van der Waals surface area (Å²) in [4.78, 5) is 24.3. The van der Waals surface area contributed by atoms with E-state index in [1.807, 2.05) is 30.3 Å². The molecule has 0 aliphatic carbocycles. The number of amides is 2. The number of nitrogens with zero attached hydrogens (tertiary/aromatic N) is 2. The molecule has 27 heavy (non-hydrogen) atoms. The zero-order valence-electron chi connectivity index (χ0n) is 14.8. The molecule has 0 bridgehead atoms. The Morgan fingerprint density at radius 1 is 1.07 bits per heavy atom. The Labute approximate surface area is 156 Å². The summed E-state index contributed by atoms with van der Waals surface area (Å²) in [7, 11) is 0. The van der Waals surface area contributed by atoms with Crippen molar-refractivity contribution in [1.29, 1.82) is 0 Å². The maximum Gasteiger partial charge on any atom is 0.272 e. The van der Waals surface area contributed by atoms with Crippen LogP contribution in [-0.4, -0.2) is 21.6 Å². The number of para-hydroxylation sites is 1. The van der Waals surface area contributed by atoms with Crippen LogP contribution in [0.4, 0.5) is 10.2 Å². The summed E-state index contributed by atoms with van der Waals surface area (Å²) in [6.45, 7) is 1.99. The van der Waals surface area contributed by atoms with Gasteiger partial charge in [0.15, 0.2) is 5.69 Å². The van der Waals surface area contributed by atoms with E-state index in [-0.39, 0.29) is 29.9 Å². The van der Waals surface area contributed by atoms with E-state index in [1.165, 1.54) is 22.9 Å². The van der Waals surface area contributed by atoms with Crippen molar-refractivity contribution in [2.45, 2.75) is 19.9 Å². The molecular formula is C20H19FN4O2. The van der Waals surface area contributed by atoms with E-state index in [1.54, 1.807) is 19.1 Å². The van der Waals surface area contributed by atoms with E-state index < -0.39 is 0 Å². The summed E-state index contributed by atoms with van der Waals surface area (Å²) < 4.78 is 14.5. The van der Waals surface area contributed by atoms with Crippen LogP contribution in [0.25, 0.3) is 5.69 Å². The molecule has 1 aromatic heterocycles. The van der Waals surface area contributed by atoms with E-state index in [0.717, 1.165) is 11.3 Å². The predicted molar refractivity (Wildman–Crippen MR) is 100 cm³/mol. The molecule has 0 radical (unpaired) electrons. The fourth-order valence-electron chi connectivity index (χ4n) is 2.45. The fourth-order valence-corrected chi connectivity index (χ4v) is 2.45. The van der Waals surface area contributed by atoms with Crippen LogP contribution < -0.4 is 10.6 Å². The smallest absolute Gasteiger partial charge is 0.272 e. The number of carbonyl (C=O) groups excluding carboxylic acids is 2. The minimum atomic E-state index is -0.388. The number of aromatic nitrogens is 2. The number of hydrogen-bond acceptors (Lipinski definition) is 3. The lowest BCUT2D eigenvalue weighted by molar-refractivity contribution is -0.115. The van der Waals surface area contributed by atoms with Crippen LogP contribution in [0.3, 0.4) is 0 Å². The number of halogens is 1. The summed E-state index contributed by atoms with van der Waals surface area (Å²) >= 11 is 0. The predicted octanol–water partition coefficient (Wildman–Crippen LogP) is 3.29. The summed E-state index contributed by atoms with van der Waals surface area (Å²) in [6, 6.07) is 16.6. The number of carbonyl (C=O) groups is 2.